The second kappa shape index (κ2) is 23.4. The van der Waals surface area contributed by atoms with Crippen molar-refractivity contribution in [3.63, 3.8) is 0 Å². The Morgan fingerprint density at radius 2 is 1.38 bits per heavy atom. The van der Waals surface area contributed by atoms with Crippen LogP contribution in [-0.4, -0.2) is 129 Å². The molecular weight excluding hydrogens is 915 g/mol. The largest absolute Gasteiger partial charge is 0.491 e. The number of benzene rings is 2. The molecule has 7 heterocycles. The highest BCUT2D eigenvalue weighted by Crippen LogP contribution is 2.40. The van der Waals surface area contributed by atoms with Crippen molar-refractivity contribution in [2.75, 3.05) is 72.3 Å². The van der Waals surface area contributed by atoms with E-state index in [0.717, 1.165) is 177 Å². The standard InChI is InChI=1S/C57H73N13O3/c1-8-69-46(29-39(3)63-69)36-61-37-50-48-33-45(42(6)59)34-54(73-24-14-17-66-22-27-72-28-23-66)56(48)68(57(50)60-7)19-13-12-18-67-52-35-51(53-30-40(4)64-70(53)9-2)62-38-49(52)47-32-44(41(5)58)31-43(55(47)67)15-10-11-16-65-20-25-71-26-21-65/h12-13,29-35,37-38H,5-11,14-28,36,58-59H2,1-4H3/b13-12+,61-37-. The van der Waals surface area contributed by atoms with Crippen LogP contribution < -0.4 is 16.2 Å². The van der Waals surface area contributed by atoms with Gasteiger partial charge < -0.3 is 34.8 Å². The molecule has 2 aliphatic rings. The number of aliphatic imine (C=N–C) groups is 2. The molecule has 0 aliphatic carbocycles. The number of nitrogens with zero attached hydrogens (tertiary/aromatic N) is 11. The maximum absolute atomic E-state index is 6.75. The molecule has 0 spiro atoms. The third-order valence-electron chi connectivity index (χ3n) is 14.2. The number of fused-ring (bicyclic) bond motifs is 4. The molecule has 4 N–H and O–H groups in total. The number of morpholine rings is 2. The summed E-state index contributed by atoms with van der Waals surface area (Å²) >= 11 is 0. The molecule has 2 aromatic carbocycles. The zero-order chi connectivity index (χ0) is 51.0. The molecule has 0 radical (unpaired) electrons. The van der Waals surface area contributed by atoms with E-state index in [-0.39, 0.29) is 0 Å². The van der Waals surface area contributed by atoms with E-state index in [2.05, 4.69) is 106 Å². The van der Waals surface area contributed by atoms with E-state index in [1.54, 1.807) is 0 Å². The van der Waals surface area contributed by atoms with Gasteiger partial charge in [0.1, 0.15) is 11.6 Å². The maximum atomic E-state index is 6.75. The first-order valence-corrected chi connectivity index (χ1v) is 26.0. The molecule has 0 saturated carbocycles. The lowest BCUT2D eigenvalue weighted by Crippen LogP contribution is -2.37. The fourth-order valence-corrected chi connectivity index (χ4v) is 10.5. The number of ether oxygens (including phenoxy) is 3. The molecule has 16 nitrogen and oxygen atoms in total. The van der Waals surface area contributed by atoms with Crippen molar-refractivity contribution in [3.8, 4) is 17.1 Å². The summed E-state index contributed by atoms with van der Waals surface area (Å²) in [6.45, 7) is 33.1. The molecular formula is C57H73N13O3. The molecule has 2 aliphatic heterocycles. The normalized spacial score (nSPS) is 15.0. The minimum atomic E-state index is 0.448. The van der Waals surface area contributed by atoms with E-state index >= 15 is 0 Å². The molecule has 16 heteroatoms. The first-order valence-electron chi connectivity index (χ1n) is 26.0. The first kappa shape index (κ1) is 51.1. The van der Waals surface area contributed by atoms with Gasteiger partial charge >= 0.3 is 0 Å². The number of rotatable bonds is 23. The van der Waals surface area contributed by atoms with Gasteiger partial charge in [0.2, 0.25) is 0 Å². The van der Waals surface area contributed by atoms with Gasteiger partial charge in [0.15, 0.2) is 0 Å². The van der Waals surface area contributed by atoms with Crippen molar-refractivity contribution in [2.45, 2.75) is 86.1 Å². The third-order valence-corrected chi connectivity index (χ3v) is 14.2. The summed E-state index contributed by atoms with van der Waals surface area (Å²) in [7, 11) is 0. The molecule has 384 valence electrons. The lowest BCUT2D eigenvalue weighted by molar-refractivity contribution is 0.0358. The summed E-state index contributed by atoms with van der Waals surface area (Å²) in [5, 5.41) is 12.5. The summed E-state index contributed by atoms with van der Waals surface area (Å²) in [6, 6.07) is 14.9. The summed E-state index contributed by atoms with van der Waals surface area (Å²) in [6.07, 6.45) is 12.2. The van der Waals surface area contributed by atoms with Gasteiger partial charge in [-0.3, -0.25) is 29.1 Å². The zero-order valence-corrected chi connectivity index (χ0v) is 43.4. The van der Waals surface area contributed by atoms with E-state index in [1.807, 2.05) is 41.7 Å². The number of allylic oxidation sites excluding steroid dienone is 2. The average molecular weight is 988 g/mol. The van der Waals surface area contributed by atoms with Gasteiger partial charge in [0.25, 0.3) is 0 Å². The van der Waals surface area contributed by atoms with Crippen LogP contribution in [0.25, 0.3) is 55.5 Å². The molecule has 0 unspecified atom stereocenters. The topological polar surface area (TPSA) is 169 Å². The molecule has 0 amide bonds. The van der Waals surface area contributed by atoms with Crippen molar-refractivity contribution in [3.05, 3.63) is 113 Å². The second-order valence-electron chi connectivity index (χ2n) is 19.2. The predicted molar refractivity (Wildman–Crippen MR) is 297 cm³/mol. The minimum Gasteiger partial charge on any atom is -0.491 e. The lowest BCUT2D eigenvalue weighted by Gasteiger charge is -2.26. The van der Waals surface area contributed by atoms with Gasteiger partial charge in [-0.15, -0.1) is 0 Å². The van der Waals surface area contributed by atoms with Crippen LogP contribution in [0.5, 0.6) is 5.75 Å². The smallest absolute Gasteiger partial charge is 0.144 e. The van der Waals surface area contributed by atoms with Crippen molar-refractivity contribution in [2.24, 2.45) is 21.5 Å². The highest BCUT2D eigenvalue weighted by Gasteiger charge is 2.23. The van der Waals surface area contributed by atoms with Gasteiger partial charge in [-0.05, 0) is 120 Å². The quantitative estimate of drug-likeness (QED) is 0.0359. The first-order chi connectivity index (χ1) is 35.5. The fraction of sp³-hybridized carbons (Fsp3) is 0.421. The fourth-order valence-electron chi connectivity index (χ4n) is 10.5. The molecule has 2 fully saturated rings. The van der Waals surface area contributed by atoms with Crippen molar-refractivity contribution in [1.29, 1.82) is 0 Å². The molecule has 73 heavy (non-hydrogen) atoms. The minimum absolute atomic E-state index is 0.448. The Morgan fingerprint density at radius 1 is 0.740 bits per heavy atom. The number of hydrogen-bond acceptors (Lipinski definition) is 12. The van der Waals surface area contributed by atoms with Gasteiger partial charge in [0, 0.05) is 110 Å². The van der Waals surface area contributed by atoms with Crippen LogP contribution in [0.15, 0.2) is 84.0 Å². The highest BCUT2D eigenvalue weighted by molar-refractivity contribution is 6.11. The number of aryl methyl sites for hydroxylation is 5. The Balaban J connectivity index is 1.11. The van der Waals surface area contributed by atoms with Crippen molar-refractivity contribution < 1.29 is 14.2 Å². The predicted octanol–water partition coefficient (Wildman–Crippen LogP) is 8.68. The van der Waals surface area contributed by atoms with Crippen molar-refractivity contribution in [1.82, 2.24) is 43.5 Å². The third kappa shape index (κ3) is 11.4. The van der Waals surface area contributed by atoms with Crippen LogP contribution in [0.4, 0.5) is 5.82 Å². The lowest BCUT2D eigenvalue weighted by atomic mass is 9.99. The summed E-state index contributed by atoms with van der Waals surface area (Å²) < 4.78 is 26.6. The van der Waals surface area contributed by atoms with Crippen LogP contribution in [0, 0.1) is 13.8 Å². The number of hydrogen-bond donors (Lipinski definition) is 2. The van der Waals surface area contributed by atoms with Crippen LogP contribution in [0.2, 0.25) is 0 Å². The van der Waals surface area contributed by atoms with Gasteiger partial charge in [-0.2, -0.15) is 10.2 Å². The van der Waals surface area contributed by atoms with E-state index in [4.69, 9.17) is 45.7 Å². The Hall–Kier alpha value is -6.85. The van der Waals surface area contributed by atoms with Gasteiger partial charge in [-0.1, -0.05) is 25.3 Å². The van der Waals surface area contributed by atoms with E-state index in [1.165, 1.54) is 11.1 Å². The van der Waals surface area contributed by atoms with Gasteiger partial charge in [0.05, 0.1) is 84.6 Å². The zero-order valence-electron chi connectivity index (χ0n) is 43.4. The molecule has 7 aromatic rings. The Morgan fingerprint density at radius 3 is 2.07 bits per heavy atom. The number of unbranched alkanes of at least 4 members (excludes halogenated alkanes) is 1. The summed E-state index contributed by atoms with van der Waals surface area (Å²) in [5.74, 6) is 1.39. The Kier molecular flexibility index (Phi) is 16.3. The molecule has 9 rings (SSSR count). The van der Waals surface area contributed by atoms with Crippen LogP contribution in [0.3, 0.4) is 0 Å². The number of nitrogens with two attached hydrogens (primary N) is 2. The maximum Gasteiger partial charge on any atom is 0.144 e. The monoisotopic (exact) mass is 988 g/mol. The average Bonchev–Trinajstić information content (AvgIpc) is 4.15. The molecule has 0 bridgehead atoms. The Labute approximate surface area is 429 Å². The highest BCUT2D eigenvalue weighted by atomic mass is 16.5. The Bertz CT molecular complexity index is 3170. The number of aromatic nitrogens is 7. The van der Waals surface area contributed by atoms with Crippen LogP contribution in [-0.2, 0) is 48.6 Å². The van der Waals surface area contributed by atoms with E-state index in [0.29, 0.717) is 49.2 Å². The van der Waals surface area contributed by atoms with Crippen LogP contribution in [0.1, 0.15) is 72.4 Å². The molecule has 0 atom stereocenters. The van der Waals surface area contributed by atoms with Gasteiger partial charge in [-0.25, -0.2) is 4.99 Å². The van der Waals surface area contributed by atoms with Crippen molar-refractivity contribution >= 4 is 62.9 Å². The number of pyridine rings is 1. The second-order valence-corrected chi connectivity index (χ2v) is 19.2. The summed E-state index contributed by atoms with van der Waals surface area (Å²) in [4.78, 5) is 19.7. The van der Waals surface area contributed by atoms with Crippen LogP contribution >= 0.6 is 0 Å². The molecule has 5 aromatic heterocycles. The molecule has 2 saturated heterocycles. The van der Waals surface area contributed by atoms with E-state index < -0.39 is 0 Å². The van der Waals surface area contributed by atoms with E-state index in [9.17, 15) is 0 Å². The SMILES string of the molecule is C=Nc1c(/C=N\Cc2cc(C)nn2CC)c2cc(C(=C)N)cc(OCCCN3CCOCC3)c2n1C/C=C/Cn1c2cc(-c3cc(C)nn3CC)ncc2c2cc(C(=C)N)cc(CCCCN3CCOCC3)c21. The summed E-state index contributed by atoms with van der Waals surface area (Å²) in [5.41, 5.74) is 25.7.